The van der Waals surface area contributed by atoms with Crippen molar-refractivity contribution in [2.24, 2.45) is 5.92 Å². The molecule has 1 aromatic heterocycles. The molecule has 0 spiro atoms. The molecular formula is C19H20N2O5. The van der Waals surface area contributed by atoms with Gasteiger partial charge in [0.15, 0.2) is 0 Å². The summed E-state index contributed by atoms with van der Waals surface area (Å²) in [5.41, 5.74) is 1.15. The van der Waals surface area contributed by atoms with Gasteiger partial charge in [-0.2, -0.15) is 0 Å². The van der Waals surface area contributed by atoms with Crippen molar-refractivity contribution in [1.82, 2.24) is 10.2 Å². The normalized spacial score (nSPS) is 16.7. The lowest BCUT2D eigenvalue weighted by Gasteiger charge is -2.16. The van der Waals surface area contributed by atoms with Crippen molar-refractivity contribution in [2.45, 2.75) is 19.4 Å². The van der Waals surface area contributed by atoms with Gasteiger partial charge in [0.1, 0.15) is 5.76 Å². The molecule has 0 aliphatic carbocycles. The van der Waals surface area contributed by atoms with E-state index in [4.69, 9.17) is 9.52 Å². The highest BCUT2D eigenvalue weighted by atomic mass is 16.4. The number of aromatic carboxylic acids is 1. The van der Waals surface area contributed by atoms with E-state index in [1.165, 1.54) is 12.1 Å². The molecule has 1 saturated heterocycles. The fourth-order valence-electron chi connectivity index (χ4n) is 2.98. The summed E-state index contributed by atoms with van der Waals surface area (Å²) >= 11 is 0. The van der Waals surface area contributed by atoms with E-state index in [0.29, 0.717) is 18.8 Å². The fraction of sp³-hybridized carbons (Fsp3) is 0.316. The standard InChI is InChI=1S/C19H20N2O5/c22-17-10-14(12-21(17)9-8-13-4-2-1-3-5-13)18(23)20-11-15-6-7-16(26-15)19(24)25/h1-7,14H,8-12H2,(H,20,23)(H,24,25)/t14-/m0/s1. The van der Waals surface area contributed by atoms with Crippen molar-refractivity contribution < 1.29 is 23.9 Å². The summed E-state index contributed by atoms with van der Waals surface area (Å²) in [4.78, 5) is 36.9. The van der Waals surface area contributed by atoms with Crippen molar-refractivity contribution in [3.63, 3.8) is 0 Å². The van der Waals surface area contributed by atoms with Crippen molar-refractivity contribution in [1.29, 1.82) is 0 Å². The predicted octanol–water partition coefficient (Wildman–Crippen LogP) is 1.69. The molecule has 1 aromatic carbocycles. The summed E-state index contributed by atoms with van der Waals surface area (Å²) in [5.74, 6) is -1.61. The average Bonchev–Trinajstić information content (AvgIpc) is 3.26. The van der Waals surface area contributed by atoms with Gasteiger partial charge >= 0.3 is 5.97 Å². The van der Waals surface area contributed by atoms with Gasteiger partial charge in [-0.3, -0.25) is 9.59 Å². The zero-order chi connectivity index (χ0) is 18.5. The number of nitrogens with one attached hydrogen (secondary N) is 1. The van der Waals surface area contributed by atoms with E-state index in [-0.39, 0.29) is 30.5 Å². The number of furan rings is 1. The smallest absolute Gasteiger partial charge is 0.371 e. The number of carbonyl (C=O) groups is 3. The summed E-state index contributed by atoms with van der Waals surface area (Å²) in [5, 5.41) is 11.5. The van der Waals surface area contributed by atoms with E-state index in [1.807, 2.05) is 30.3 Å². The molecule has 26 heavy (non-hydrogen) atoms. The lowest BCUT2D eigenvalue weighted by Crippen LogP contribution is -2.33. The Morgan fingerprint density at radius 3 is 2.65 bits per heavy atom. The molecule has 3 rings (SSSR count). The van der Waals surface area contributed by atoms with Crippen LogP contribution in [0.15, 0.2) is 46.9 Å². The molecule has 2 N–H and O–H groups in total. The molecule has 0 unspecified atom stereocenters. The van der Waals surface area contributed by atoms with Crippen molar-refractivity contribution in [3.8, 4) is 0 Å². The Balaban J connectivity index is 1.47. The highest BCUT2D eigenvalue weighted by molar-refractivity contribution is 5.89. The molecule has 1 atom stereocenters. The van der Waals surface area contributed by atoms with Gasteiger partial charge in [0.25, 0.3) is 0 Å². The van der Waals surface area contributed by atoms with Crippen LogP contribution in [-0.4, -0.2) is 40.9 Å². The van der Waals surface area contributed by atoms with Crippen LogP contribution < -0.4 is 5.32 Å². The summed E-state index contributed by atoms with van der Waals surface area (Å²) in [6.07, 6.45) is 0.949. The molecular weight excluding hydrogens is 336 g/mol. The van der Waals surface area contributed by atoms with Gasteiger partial charge in [0, 0.05) is 19.5 Å². The Morgan fingerprint density at radius 1 is 1.19 bits per heavy atom. The third kappa shape index (κ3) is 4.30. The SMILES string of the molecule is O=C(O)c1ccc(CNC(=O)[C@H]2CC(=O)N(CCc3ccccc3)C2)o1. The Morgan fingerprint density at radius 2 is 1.96 bits per heavy atom. The molecule has 7 nitrogen and oxygen atoms in total. The van der Waals surface area contributed by atoms with Gasteiger partial charge < -0.3 is 19.7 Å². The number of nitrogens with zero attached hydrogens (tertiary/aromatic N) is 1. The topological polar surface area (TPSA) is 99.8 Å². The van der Waals surface area contributed by atoms with Crippen LogP contribution in [-0.2, 0) is 22.6 Å². The van der Waals surface area contributed by atoms with Crippen molar-refractivity contribution in [2.75, 3.05) is 13.1 Å². The lowest BCUT2D eigenvalue weighted by molar-refractivity contribution is -0.129. The highest BCUT2D eigenvalue weighted by Gasteiger charge is 2.33. The first-order valence-corrected chi connectivity index (χ1v) is 8.44. The van der Waals surface area contributed by atoms with Gasteiger partial charge in [-0.15, -0.1) is 0 Å². The van der Waals surface area contributed by atoms with Crippen LogP contribution in [0.25, 0.3) is 0 Å². The van der Waals surface area contributed by atoms with Gasteiger partial charge in [-0.25, -0.2) is 4.79 Å². The van der Waals surface area contributed by atoms with E-state index in [2.05, 4.69) is 5.32 Å². The van der Waals surface area contributed by atoms with Crippen molar-refractivity contribution >= 4 is 17.8 Å². The van der Waals surface area contributed by atoms with Crippen molar-refractivity contribution in [3.05, 3.63) is 59.5 Å². The minimum absolute atomic E-state index is 0.0211. The Bertz CT molecular complexity index is 799. The molecule has 1 aliphatic heterocycles. The van der Waals surface area contributed by atoms with Crippen LogP contribution in [0.1, 0.15) is 28.3 Å². The molecule has 2 aromatic rings. The van der Waals surface area contributed by atoms with E-state index in [9.17, 15) is 14.4 Å². The monoisotopic (exact) mass is 356 g/mol. The molecule has 1 fully saturated rings. The quantitative estimate of drug-likeness (QED) is 0.786. The number of carboxylic acid groups (broad SMARTS) is 1. The summed E-state index contributed by atoms with van der Waals surface area (Å²) < 4.78 is 5.10. The average molecular weight is 356 g/mol. The number of carboxylic acids is 1. The fourth-order valence-corrected chi connectivity index (χ4v) is 2.98. The van der Waals surface area contributed by atoms with E-state index in [0.717, 1.165) is 12.0 Å². The number of rotatable bonds is 7. The maximum atomic E-state index is 12.3. The summed E-state index contributed by atoms with van der Waals surface area (Å²) in [7, 11) is 0. The Hall–Kier alpha value is -3.09. The number of carbonyl (C=O) groups excluding carboxylic acids is 2. The Kier molecular flexibility index (Phi) is 5.36. The molecule has 136 valence electrons. The van der Waals surface area contributed by atoms with Crippen LogP contribution in [0.3, 0.4) is 0 Å². The van der Waals surface area contributed by atoms with E-state index >= 15 is 0 Å². The second-order valence-corrected chi connectivity index (χ2v) is 6.27. The predicted molar refractivity (Wildman–Crippen MR) is 92.3 cm³/mol. The first-order valence-electron chi connectivity index (χ1n) is 8.44. The van der Waals surface area contributed by atoms with Gasteiger partial charge in [-0.05, 0) is 24.1 Å². The molecule has 7 heteroatoms. The van der Waals surface area contributed by atoms with Gasteiger partial charge in [0.2, 0.25) is 17.6 Å². The summed E-state index contributed by atoms with van der Waals surface area (Å²) in [6.45, 7) is 1.09. The molecule has 1 aliphatic rings. The maximum absolute atomic E-state index is 12.3. The molecule has 2 heterocycles. The van der Waals surface area contributed by atoms with Crippen LogP contribution in [0, 0.1) is 5.92 Å². The third-order valence-electron chi connectivity index (χ3n) is 4.41. The highest BCUT2D eigenvalue weighted by Crippen LogP contribution is 2.19. The first kappa shape index (κ1) is 17.7. The second kappa shape index (κ2) is 7.86. The van der Waals surface area contributed by atoms with Gasteiger partial charge in [0.05, 0.1) is 12.5 Å². The van der Waals surface area contributed by atoms with Gasteiger partial charge in [-0.1, -0.05) is 30.3 Å². The number of hydrogen-bond donors (Lipinski definition) is 2. The minimum Gasteiger partial charge on any atom is -0.475 e. The lowest BCUT2D eigenvalue weighted by atomic mass is 10.1. The number of amides is 2. The number of hydrogen-bond acceptors (Lipinski definition) is 4. The zero-order valence-electron chi connectivity index (χ0n) is 14.2. The maximum Gasteiger partial charge on any atom is 0.371 e. The molecule has 0 radical (unpaired) electrons. The summed E-state index contributed by atoms with van der Waals surface area (Å²) in [6, 6.07) is 12.7. The zero-order valence-corrected chi connectivity index (χ0v) is 14.2. The van der Waals surface area contributed by atoms with Crippen LogP contribution in [0.4, 0.5) is 0 Å². The molecule has 2 amide bonds. The van der Waals surface area contributed by atoms with E-state index in [1.54, 1.807) is 4.90 Å². The van der Waals surface area contributed by atoms with Crippen LogP contribution in [0.5, 0.6) is 0 Å². The van der Waals surface area contributed by atoms with Crippen LogP contribution in [0.2, 0.25) is 0 Å². The van der Waals surface area contributed by atoms with Crippen LogP contribution >= 0.6 is 0 Å². The molecule has 0 bridgehead atoms. The Labute approximate surface area is 150 Å². The molecule has 0 saturated carbocycles. The first-order chi connectivity index (χ1) is 12.5. The largest absolute Gasteiger partial charge is 0.475 e. The third-order valence-corrected chi connectivity index (χ3v) is 4.41. The number of benzene rings is 1. The number of likely N-dealkylation sites (tertiary alicyclic amines) is 1. The minimum atomic E-state index is -1.15. The second-order valence-electron chi connectivity index (χ2n) is 6.27. The van der Waals surface area contributed by atoms with E-state index < -0.39 is 11.9 Å².